The van der Waals surface area contributed by atoms with Crippen LogP contribution in [0.3, 0.4) is 0 Å². The SMILES string of the molecule is Nc1ccc2oc(C(=O)OCc3ccc(I)cc3)cc2c1. The van der Waals surface area contributed by atoms with Crippen molar-refractivity contribution in [1.29, 1.82) is 0 Å². The van der Waals surface area contributed by atoms with Crippen LogP contribution >= 0.6 is 22.6 Å². The summed E-state index contributed by atoms with van der Waals surface area (Å²) in [7, 11) is 0. The van der Waals surface area contributed by atoms with Crippen LogP contribution in [0.15, 0.2) is 52.9 Å². The smallest absolute Gasteiger partial charge is 0.374 e. The molecule has 0 aliphatic carbocycles. The van der Waals surface area contributed by atoms with E-state index in [0.717, 1.165) is 14.5 Å². The second-order valence-corrected chi connectivity index (χ2v) is 5.86. The molecule has 0 radical (unpaired) electrons. The molecule has 21 heavy (non-hydrogen) atoms. The molecule has 2 aromatic carbocycles. The number of anilines is 1. The molecular weight excluding hydrogens is 381 g/mol. The van der Waals surface area contributed by atoms with Crippen LogP contribution in [0.2, 0.25) is 0 Å². The zero-order valence-electron chi connectivity index (χ0n) is 11.0. The second-order valence-electron chi connectivity index (χ2n) is 4.61. The fourth-order valence-electron chi connectivity index (χ4n) is 1.96. The zero-order valence-corrected chi connectivity index (χ0v) is 13.2. The summed E-state index contributed by atoms with van der Waals surface area (Å²) in [4.78, 5) is 12.0. The number of ether oxygens (including phenoxy) is 1. The second kappa shape index (κ2) is 5.77. The topological polar surface area (TPSA) is 65.5 Å². The lowest BCUT2D eigenvalue weighted by Gasteiger charge is -2.02. The highest BCUT2D eigenvalue weighted by Gasteiger charge is 2.14. The first kappa shape index (κ1) is 13.9. The van der Waals surface area contributed by atoms with Gasteiger partial charge in [-0.05, 0) is 64.6 Å². The van der Waals surface area contributed by atoms with Crippen LogP contribution in [0, 0.1) is 3.57 Å². The molecule has 0 saturated carbocycles. The van der Waals surface area contributed by atoms with Crippen molar-refractivity contribution in [2.24, 2.45) is 0 Å². The molecule has 4 nitrogen and oxygen atoms in total. The number of nitrogens with two attached hydrogens (primary N) is 1. The molecule has 0 fully saturated rings. The van der Waals surface area contributed by atoms with Crippen LogP contribution in [-0.4, -0.2) is 5.97 Å². The molecule has 0 aliphatic rings. The predicted molar refractivity (Wildman–Crippen MR) is 88.9 cm³/mol. The first-order valence-corrected chi connectivity index (χ1v) is 7.40. The summed E-state index contributed by atoms with van der Waals surface area (Å²) < 4.78 is 11.8. The molecule has 0 spiro atoms. The molecule has 1 aromatic heterocycles. The summed E-state index contributed by atoms with van der Waals surface area (Å²) in [6, 6.07) is 14.6. The van der Waals surface area contributed by atoms with Gasteiger partial charge >= 0.3 is 5.97 Å². The Labute approximate surface area is 135 Å². The summed E-state index contributed by atoms with van der Waals surface area (Å²) in [5, 5.41) is 0.788. The third kappa shape index (κ3) is 3.18. The predicted octanol–water partition coefficient (Wildman–Crippen LogP) is 3.98. The molecular formula is C16H12INO3. The standard InChI is InChI=1S/C16H12INO3/c17-12-3-1-10(2-4-12)9-20-16(19)15-8-11-7-13(18)5-6-14(11)21-15/h1-8H,9,18H2. The van der Waals surface area contributed by atoms with Gasteiger partial charge in [-0.3, -0.25) is 0 Å². The van der Waals surface area contributed by atoms with Crippen LogP contribution in [-0.2, 0) is 11.3 Å². The van der Waals surface area contributed by atoms with Gasteiger partial charge in [-0.15, -0.1) is 0 Å². The summed E-state index contributed by atoms with van der Waals surface area (Å²) >= 11 is 2.22. The number of halogens is 1. The number of esters is 1. The van der Waals surface area contributed by atoms with Crippen molar-refractivity contribution in [1.82, 2.24) is 0 Å². The van der Waals surface area contributed by atoms with Gasteiger partial charge in [-0.1, -0.05) is 12.1 Å². The van der Waals surface area contributed by atoms with Crippen molar-refractivity contribution < 1.29 is 13.9 Å². The maximum Gasteiger partial charge on any atom is 0.374 e. The number of carbonyl (C=O) groups is 1. The van der Waals surface area contributed by atoms with Crippen molar-refractivity contribution in [3.63, 3.8) is 0 Å². The molecule has 0 bridgehead atoms. The Hall–Kier alpha value is -2.02. The highest BCUT2D eigenvalue weighted by Crippen LogP contribution is 2.22. The van der Waals surface area contributed by atoms with Gasteiger partial charge in [-0.2, -0.15) is 0 Å². The number of hydrogen-bond donors (Lipinski definition) is 1. The van der Waals surface area contributed by atoms with E-state index in [1.165, 1.54) is 0 Å². The molecule has 0 unspecified atom stereocenters. The van der Waals surface area contributed by atoms with Crippen molar-refractivity contribution in [3.05, 3.63) is 63.4 Å². The van der Waals surface area contributed by atoms with Crippen LogP contribution in [0.25, 0.3) is 11.0 Å². The Bertz CT molecular complexity index is 793. The molecule has 3 rings (SSSR count). The Balaban J connectivity index is 1.73. The van der Waals surface area contributed by atoms with Crippen LogP contribution < -0.4 is 5.73 Å². The van der Waals surface area contributed by atoms with Crippen LogP contribution in [0.4, 0.5) is 5.69 Å². The summed E-state index contributed by atoms with van der Waals surface area (Å²) in [5.41, 5.74) is 7.88. The van der Waals surface area contributed by atoms with E-state index in [1.54, 1.807) is 24.3 Å². The third-order valence-corrected chi connectivity index (χ3v) is 3.74. The van der Waals surface area contributed by atoms with E-state index in [-0.39, 0.29) is 12.4 Å². The van der Waals surface area contributed by atoms with E-state index in [4.69, 9.17) is 14.9 Å². The molecule has 5 heteroatoms. The monoisotopic (exact) mass is 393 g/mol. The molecule has 106 valence electrons. The Morgan fingerprint density at radius 2 is 1.90 bits per heavy atom. The first-order valence-electron chi connectivity index (χ1n) is 6.32. The minimum Gasteiger partial charge on any atom is -0.455 e. The van der Waals surface area contributed by atoms with Gasteiger partial charge in [-0.25, -0.2) is 4.79 Å². The van der Waals surface area contributed by atoms with Crippen molar-refractivity contribution >= 4 is 45.2 Å². The fourth-order valence-corrected chi connectivity index (χ4v) is 2.32. The van der Waals surface area contributed by atoms with E-state index in [1.807, 2.05) is 24.3 Å². The molecule has 0 amide bonds. The maximum atomic E-state index is 12.0. The number of hydrogen-bond acceptors (Lipinski definition) is 4. The average molecular weight is 393 g/mol. The van der Waals surface area contributed by atoms with Gasteiger partial charge in [0.25, 0.3) is 0 Å². The van der Waals surface area contributed by atoms with Gasteiger partial charge in [0.15, 0.2) is 0 Å². The molecule has 0 saturated heterocycles. The molecule has 0 atom stereocenters. The van der Waals surface area contributed by atoms with E-state index in [0.29, 0.717) is 11.3 Å². The van der Waals surface area contributed by atoms with E-state index in [9.17, 15) is 4.79 Å². The highest BCUT2D eigenvalue weighted by molar-refractivity contribution is 14.1. The first-order chi connectivity index (χ1) is 10.1. The average Bonchev–Trinajstić information content (AvgIpc) is 2.89. The maximum absolute atomic E-state index is 12.0. The minimum absolute atomic E-state index is 0.182. The quantitative estimate of drug-likeness (QED) is 0.416. The zero-order chi connectivity index (χ0) is 14.8. The summed E-state index contributed by atoms with van der Waals surface area (Å²) in [6.45, 7) is 0.217. The number of furan rings is 1. The molecule has 0 aliphatic heterocycles. The number of rotatable bonds is 3. The van der Waals surface area contributed by atoms with Gasteiger partial charge in [0.05, 0.1) is 0 Å². The lowest BCUT2D eigenvalue weighted by atomic mass is 10.2. The lowest BCUT2D eigenvalue weighted by molar-refractivity contribution is 0.0438. The number of carbonyl (C=O) groups excluding carboxylic acids is 1. The largest absolute Gasteiger partial charge is 0.455 e. The van der Waals surface area contributed by atoms with E-state index >= 15 is 0 Å². The van der Waals surface area contributed by atoms with Crippen molar-refractivity contribution in [2.75, 3.05) is 5.73 Å². The Morgan fingerprint density at radius 3 is 2.67 bits per heavy atom. The molecule has 2 N–H and O–H groups in total. The number of benzene rings is 2. The van der Waals surface area contributed by atoms with E-state index < -0.39 is 5.97 Å². The van der Waals surface area contributed by atoms with Crippen LogP contribution in [0.1, 0.15) is 16.1 Å². The Morgan fingerprint density at radius 1 is 1.14 bits per heavy atom. The van der Waals surface area contributed by atoms with Gasteiger partial charge in [0.2, 0.25) is 5.76 Å². The summed E-state index contributed by atoms with van der Waals surface area (Å²) in [5.74, 6) is -0.301. The lowest BCUT2D eigenvalue weighted by Crippen LogP contribution is -2.03. The number of fused-ring (bicyclic) bond motifs is 1. The van der Waals surface area contributed by atoms with Crippen molar-refractivity contribution in [2.45, 2.75) is 6.61 Å². The van der Waals surface area contributed by atoms with Gasteiger partial charge < -0.3 is 14.9 Å². The normalized spacial score (nSPS) is 10.7. The number of nitrogen functional groups attached to an aromatic ring is 1. The van der Waals surface area contributed by atoms with Gasteiger partial charge in [0.1, 0.15) is 12.2 Å². The summed E-state index contributed by atoms with van der Waals surface area (Å²) in [6.07, 6.45) is 0. The molecule has 3 aromatic rings. The van der Waals surface area contributed by atoms with E-state index in [2.05, 4.69) is 22.6 Å². The highest BCUT2D eigenvalue weighted by atomic mass is 127. The fraction of sp³-hybridized carbons (Fsp3) is 0.0625. The molecule has 1 heterocycles. The van der Waals surface area contributed by atoms with Crippen LogP contribution in [0.5, 0.6) is 0 Å². The Kier molecular flexibility index (Phi) is 3.83. The van der Waals surface area contributed by atoms with Crippen molar-refractivity contribution in [3.8, 4) is 0 Å². The third-order valence-electron chi connectivity index (χ3n) is 3.02. The van der Waals surface area contributed by atoms with Gasteiger partial charge in [0, 0.05) is 14.6 Å². The minimum atomic E-state index is -0.483.